The number of fused-ring (bicyclic) bond motifs is 1. The zero-order chi connectivity index (χ0) is 24.4. The summed E-state index contributed by atoms with van der Waals surface area (Å²) >= 11 is 0. The molecule has 1 unspecified atom stereocenters. The summed E-state index contributed by atoms with van der Waals surface area (Å²) in [4.78, 5) is 13.6. The van der Waals surface area contributed by atoms with Gasteiger partial charge in [0.2, 0.25) is 10.0 Å². The Labute approximate surface area is 206 Å². The molecule has 3 heterocycles. The molecule has 0 saturated carbocycles. The summed E-state index contributed by atoms with van der Waals surface area (Å²) < 4.78 is 35.2. The predicted molar refractivity (Wildman–Crippen MR) is 134 cm³/mol. The fourth-order valence-corrected chi connectivity index (χ4v) is 6.51. The van der Waals surface area contributed by atoms with E-state index in [1.807, 2.05) is 42.5 Å². The van der Waals surface area contributed by atoms with E-state index in [2.05, 4.69) is 11.4 Å². The maximum Gasteiger partial charge on any atom is 0.268 e. The number of sulfonamides is 1. The van der Waals surface area contributed by atoms with Crippen LogP contribution in [0.4, 0.5) is 0 Å². The molecule has 8 heteroatoms. The Hall–Kier alpha value is -3.10. The van der Waals surface area contributed by atoms with E-state index in [0.717, 1.165) is 61.2 Å². The third-order valence-corrected chi connectivity index (χ3v) is 8.70. The number of aryl methyl sites for hydroxylation is 2. The fourth-order valence-electron chi connectivity index (χ4n) is 4.92. The second-order valence-electron chi connectivity index (χ2n) is 9.27. The van der Waals surface area contributed by atoms with Crippen molar-refractivity contribution in [2.75, 3.05) is 19.7 Å². The highest BCUT2D eigenvalue weighted by Crippen LogP contribution is 2.31. The van der Waals surface area contributed by atoms with Gasteiger partial charge in [0.05, 0.1) is 12.6 Å². The van der Waals surface area contributed by atoms with Crippen LogP contribution >= 0.6 is 0 Å². The van der Waals surface area contributed by atoms with Crippen LogP contribution in [-0.4, -0.2) is 42.9 Å². The minimum absolute atomic E-state index is 0.161. The molecular formula is C27H31N3O4S. The Balaban J connectivity index is 1.44. The largest absolute Gasteiger partial charge is 0.493 e. The van der Waals surface area contributed by atoms with Gasteiger partial charge in [0.1, 0.15) is 16.3 Å². The standard InChI is InChI=1S/C27H31N3O4S/c1-29-19-23(35(32,33)30-14-6-3-7-15-30)18-24(29)27(31)28-26(20-9-4-2-5-10-20)22-12-13-25-21(17-22)11-8-16-34-25/h2,4-5,9-10,12-13,17-19,26H,3,6-8,11,14-16H2,1H3,(H,28,31). The number of aromatic nitrogens is 1. The molecule has 1 saturated heterocycles. The van der Waals surface area contributed by atoms with Crippen LogP contribution in [0.25, 0.3) is 0 Å². The third-order valence-electron chi connectivity index (χ3n) is 6.84. The normalized spacial score (nSPS) is 17.3. The first-order chi connectivity index (χ1) is 16.9. The van der Waals surface area contributed by atoms with Crippen molar-refractivity contribution in [2.24, 2.45) is 7.05 Å². The molecule has 0 aliphatic carbocycles. The summed E-state index contributed by atoms with van der Waals surface area (Å²) in [5.74, 6) is 0.573. The number of hydrogen-bond acceptors (Lipinski definition) is 4. The van der Waals surface area contributed by atoms with Crippen molar-refractivity contribution < 1.29 is 17.9 Å². The lowest BCUT2D eigenvalue weighted by atomic mass is 9.94. The average Bonchev–Trinajstić information content (AvgIpc) is 3.30. The second-order valence-corrected chi connectivity index (χ2v) is 11.2. The number of piperidine rings is 1. The van der Waals surface area contributed by atoms with E-state index in [0.29, 0.717) is 18.8 Å². The van der Waals surface area contributed by atoms with E-state index in [1.54, 1.807) is 11.6 Å². The molecule has 3 aromatic rings. The summed E-state index contributed by atoms with van der Waals surface area (Å²) in [5, 5.41) is 3.15. The zero-order valence-corrected chi connectivity index (χ0v) is 20.8. The Bertz CT molecular complexity index is 1310. The van der Waals surface area contributed by atoms with Gasteiger partial charge < -0.3 is 14.6 Å². The number of amides is 1. The van der Waals surface area contributed by atoms with E-state index in [9.17, 15) is 13.2 Å². The molecule has 1 N–H and O–H groups in total. The van der Waals surface area contributed by atoms with E-state index in [-0.39, 0.29) is 16.8 Å². The van der Waals surface area contributed by atoms with Crippen molar-refractivity contribution in [1.82, 2.24) is 14.2 Å². The number of hydrogen-bond donors (Lipinski definition) is 1. The smallest absolute Gasteiger partial charge is 0.268 e. The predicted octanol–water partition coefficient (Wildman–Crippen LogP) is 4.04. The van der Waals surface area contributed by atoms with Gasteiger partial charge in [0.15, 0.2) is 0 Å². The van der Waals surface area contributed by atoms with Gasteiger partial charge in [-0.05, 0) is 60.6 Å². The van der Waals surface area contributed by atoms with Crippen molar-refractivity contribution in [2.45, 2.75) is 43.0 Å². The first-order valence-corrected chi connectivity index (χ1v) is 13.7. The third kappa shape index (κ3) is 4.86. The number of nitrogens with one attached hydrogen (secondary N) is 1. The minimum Gasteiger partial charge on any atom is -0.493 e. The van der Waals surface area contributed by atoms with Crippen LogP contribution in [0, 0.1) is 0 Å². The van der Waals surface area contributed by atoms with Crippen LogP contribution in [0.1, 0.15) is 58.9 Å². The van der Waals surface area contributed by atoms with Crippen LogP contribution in [0.15, 0.2) is 65.7 Å². The molecule has 1 fully saturated rings. The van der Waals surface area contributed by atoms with Crippen LogP contribution < -0.4 is 10.1 Å². The molecular weight excluding hydrogens is 462 g/mol. The Morgan fingerprint density at radius 3 is 2.51 bits per heavy atom. The first-order valence-electron chi connectivity index (χ1n) is 12.2. The molecule has 0 bridgehead atoms. The molecule has 5 rings (SSSR count). The van der Waals surface area contributed by atoms with E-state index in [4.69, 9.17) is 4.74 Å². The van der Waals surface area contributed by atoms with Crippen LogP contribution in [0.3, 0.4) is 0 Å². The summed E-state index contributed by atoms with van der Waals surface area (Å²) in [6.07, 6.45) is 6.22. The van der Waals surface area contributed by atoms with Crippen LogP contribution in [-0.2, 0) is 23.5 Å². The number of rotatable bonds is 6. The monoisotopic (exact) mass is 493 g/mol. The molecule has 2 aliphatic heterocycles. The molecule has 184 valence electrons. The highest BCUT2D eigenvalue weighted by Gasteiger charge is 2.29. The number of benzene rings is 2. The van der Waals surface area contributed by atoms with Gasteiger partial charge in [-0.2, -0.15) is 4.31 Å². The average molecular weight is 494 g/mol. The number of ether oxygens (including phenoxy) is 1. The van der Waals surface area contributed by atoms with Gasteiger partial charge in [-0.25, -0.2) is 8.42 Å². The maximum absolute atomic E-state index is 13.5. The topological polar surface area (TPSA) is 80.6 Å². The zero-order valence-electron chi connectivity index (χ0n) is 19.9. The molecule has 7 nitrogen and oxygen atoms in total. The van der Waals surface area contributed by atoms with E-state index < -0.39 is 10.0 Å². The Kier molecular flexibility index (Phi) is 6.67. The summed E-state index contributed by atoms with van der Waals surface area (Å²) in [6.45, 7) is 1.77. The molecule has 0 radical (unpaired) electrons. The number of carbonyl (C=O) groups is 1. The second kappa shape index (κ2) is 9.87. The van der Waals surface area contributed by atoms with Gasteiger partial charge in [-0.3, -0.25) is 4.79 Å². The van der Waals surface area contributed by atoms with Gasteiger partial charge in [0.25, 0.3) is 5.91 Å². The molecule has 2 aromatic carbocycles. The SMILES string of the molecule is Cn1cc(S(=O)(=O)N2CCCCC2)cc1C(=O)NC(c1ccccc1)c1ccc2c(c1)CCCO2. The minimum atomic E-state index is -3.62. The maximum atomic E-state index is 13.5. The fraction of sp³-hybridized carbons (Fsp3) is 0.370. The number of carbonyl (C=O) groups excluding carboxylic acids is 1. The Morgan fingerprint density at radius 1 is 0.971 bits per heavy atom. The van der Waals surface area contributed by atoms with E-state index in [1.165, 1.54) is 16.6 Å². The molecule has 1 aromatic heterocycles. The molecule has 1 atom stereocenters. The number of nitrogens with zero attached hydrogens (tertiary/aromatic N) is 2. The molecule has 35 heavy (non-hydrogen) atoms. The van der Waals surface area contributed by atoms with Gasteiger partial charge in [-0.15, -0.1) is 0 Å². The van der Waals surface area contributed by atoms with Crippen LogP contribution in [0.2, 0.25) is 0 Å². The van der Waals surface area contributed by atoms with Crippen molar-refractivity contribution in [1.29, 1.82) is 0 Å². The van der Waals surface area contributed by atoms with E-state index >= 15 is 0 Å². The van der Waals surface area contributed by atoms with Gasteiger partial charge in [-0.1, -0.05) is 42.8 Å². The lowest BCUT2D eigenvalue weighted by Gasteiger charge is -2.25. The molecule has 0 spiro atoms. The summed E-state index contributed by atoms with van der Waals surface area (Å²) in [7, 11) is -1.92. The van der Waals surface area contributed by atoms with Crippen molar-refractivity contribution in [3.63, 3.8) is 0 Å². The van der Waals surface area contributed by atoms with Crippen molar-refractivity contribution in [3.05, 3.63) is 83.2 Å². The van der Waals surface area contributed by atoms with Crippen molar-refractivity contribution >= 4 is 15.9 Å². The highest BCUT2D eigenvalue weighted by molar-refractivity contribution is 7.89. The lowest BCUT2D eigenvalue weighted by Crippen LogP contribution is -2.35. The Morgan fingerprint density at radius 2 is 1.74 bits per heavy atom. The van der Waals surface area contributed by atoms with Gasteiger partial charge >= 0.3 is 0 Å². The first kappa shape index (κ1) is 23.6. The quantitative estimate of drug-likeness (QED) is 0.562. The summed E-state index contributed by atoms with van der Waals surface area (Å²) in [5.41, 5.74) is 3.36. The summed E-state index contributed by atoms with van der Waals surface area (Å²) in [6, 6.07) is 17.0. The van der Waals surface area contributed by atoms with Crippen molar-refractivity contribution in [3.8, 4) is 5.75 Å². The lowest BCUT2D eigenvalue weighted by molar-refractivity contribution is 0.0934. The van der Waals surface area contributed by atoms with Gasteiger partial charge in [0, 0.05) is 26.3 Å². The van der Waals surface area contributed by atoms with Crippen LogP contribution in [0.5, 0.6) is 5.75 Å². The molecule has 2 aliphatic rings. The highest BCUT2D eigenvalue weighted by atomic mass is 32.2. The molecule has 1 amide bonds.